The van der Waals surface area contributed by atoms with Gasteiger partial charge in [0.25, 0.3) is 5.78 Å². The van der Waals surface area contributed by atoms with Gasteiger partial charge in [-0.3, -0.25) is 4.79 Å². The summed E-state index contributed by atoms with van der Waals surface area (Å²) >= 11 is 0. The number of rotatable bonds is 6. The van der Waals surface area contributed by atoms with Crippen LogP contribution in [0, 0.1) is 0 Å². The quantitative estimate of drug-likeness (QED) is 0.610. The van der Waals surface area contributed by atoms with Crippen LogP contribution < -0.4 is 14.2 Å². The summed E-state index contributed by atoms with van der Waals surface area (Å²) in [5, 5.41) is 8.73. The molecule has 0 bridgehead atoms. The lowest BCUT2D eigenvalue weighted by Crippen LogP contribution is -2.14. The van der Waals surface area contributed by atoms with Crippen LogP contribution in [0.3, 0.4) is 0 Å². The van der Waals surface area contributed by atoms with Crippen LogP contribution in [0.1, 0.15) is 17.3 Å². The van der Waals surface area contributed by atoms with E-state index in [1.807, 2.05) is 0 Å². The molecule has 0 spiro atoms. The summed E-state index contributed by atoms with van der Waals surface area (Å²) in [4.78, 5) is 22.2. The van der Waals surface area contributed by atoms with Gasteiger partial charge in [-0.15, -0.1) is 0 Å². The average molecular weight is 254 g/mol. The van der Waals surface area contributed by atoms with E-state index >= 15 is 0 Å². The number of ketones is 1. The molecule has 1 N–H and O–H groups in total. The maximum absolute atomic E-state index is 11.5. The number of carboxylic acids is 1. The van der Waals surface area contributed by atoms with Gasteiger partial charge in [0.15, 0.2) is 11.5 Å². The third-order valence-corrected chi connectivity index (χ3v) is 2.22. The van der Waals surface area contributed by atoms with E-state index in [9.17, 15) is 9.59 Å². The van der Waals surface area contributed by atoms with E-state index in [4.69, 9.17) is 19.3 Å². The van der Waals surface area contributed by atoms with E-state index in [-0.39, 0.29) is 11.3 Å². The fourth-order valence-electron chi connectivity index (χ4n) is 1.43. The first kappa shape index (κ1) is 13.8. The normalized spacial score (nSPS) is 9.72. The monoisotopic (exact) mass is 254 g/mol. The van der Waals surface area contributed by atoms with Crippen molar-refractivity contribution in [2.24, 2.45) is 0 Å². The first-order valence-electron chi connectivity index (χ1n) is 5.21. The molecule has 0 aromatic heterocycles. The van der Waals surface area contributed by atoms with Crippen LogP contribution in [-0.4, -0.2) is 37.7 Å². The van der Waals surface area contributed by atoms with E-state index in [0.29, 0.717) is 18.1 Å². The largest absolute Gasteiger partial charge is 0.496 e. The molecule has 6 heteroatoms. The third-order valence-electron chi connectivity index (χ3n) is 2.22. The van der Waals surface area contributed by atoms with Gasteiger partial charge in [0, 0.05) is 6.07 Å². The lowest BCUT2D eigenvalue weighted by atomic mass is 10.1. The van der Waals surface area contributed by atoms with Crippen molar-refractivity contribution < 1.29 is 28.9 Å². The van der Waals surface area contributed by atoms with Crippen molar-refractivity contribution in [3.05, 3.63) is 17.7 Å². The molecule has 18 heavy (non-hydrogen) atoms. The van der Waals surface area contributed by atoms with E-state index < -0.39 is 11.8 Å². The number of methoxy groups -OCH3 is 2. The third kappa shape index (κ3) is 2.71. The van der Waals surface area contributed by atoms with Crippen LogP contribution in [0.25, 0.3) is 0 Å². The number of hydrogen-bond donors (Lipinski definition) is 1. The van der Waals surface area contributed by atoms with Gasteiger partial charge in [0.05, 0.1) is 26.4 Å². The molecule has 0 aliphatic rings. The summed E-state index contributed by atoms with van der Waals surface area (Å²) in [6.45, 7) is 2.13. The van der Waals surface area contributed by atoms with Crippen molar-refractivity contribution in [1.29, 1.82) is 0 Å². The Morgan fingerprint density at radius 3 is 2.17 bits per heavy atom. The van der Waals surface area contributed by atoms with Crippen molar-refractivity contribution in [1.82, 2.24) is 0 Å². The van der Waals surface area contributed by atoms with Crippen LogP contribution >= 0.6 is 0 Å². The molecule has 0 saturated heterocycles. The molecule has 6 nitrogen and oxygen atoms in total. The summed E-state index contributed by atoms with van der Waals surface area (Å²) in [7, 11) is 2.78. The van der Waals surface area contributed by atoms with E-state index in [1.165, 1.54) is 26.4 Å². The second kappa shape index (κ2) is 5.90. The molecule has 0 radical (unpaired) electrons. The van der Waals surface area contributed by atoms with Gasteiger partial charge >= 0.3 is 5.97 Å². The van der Waals surface area contributed by atoms with E-state index in [0.717, 1.165) is 0 Å². The minimum Gasteiger partial charge on any atom is -0.496 e. The highest BCUT2D eigenvalue weighted by atomic mass is 16.5. The van der Waals surface area contributed by atoms with Gasteiger partial charge in [0.2, 0.25) is 0 Å². The number of hydrogen-bond acceptors (Lipinski definition) is 5. The molecular weight excluding hydrogens is 240 g/mol. The summed E-state index contributed by atoms with van der Waals surface area (Å²) in [5.74, 6) is -1.82. The minimum atomic E-state index is -1.55. The Labute approximate surface area is 104 Å². The molecule has 0 amide bonds. The van der Waals surface area contributed by atoms with Crippen LogP contribution in [0.15, 0.2) is 12.1 Å². The molecule has 98 valence electrons. The van der Waals surface area contributed by atoms with Crippen molar-refractivity contribution in [3.63, 3.8) is 0 Å². The number of ether oxygens (including phenoxy) is 3. The molecule has 1 aromatic carbocycles. The second-order valence-electron chi connectivity index (χ2n) is 3.27. The Morgan fingerprint density at radius 1 is 1.11 bits per heavy atom. The van der Waals surface area contributed by atoms with Gasteiger partial charge in [-0.1, -0.05) is 0 Å². The number of carbonyl (C=O) groups excluding carboxylic acids is 1. The summed E-state index contributed by atoms with van der Waals surface area (Å²) in [5.41, 5.74) is -0.0748. The summed E-state index contributed by atoms with van der Waals surface area (Å²) in [6.07, 6.45) is 0. The number of carboxylic acid groups (broad SMARTS) is 1. The molecule has 0 heterocycles. The lowest BCUT2D eigenvalue weighted by molar-refractivity contribution is -0.131. The van der Waals surface area contributed by atoms with Crippen molar-refractivity contribution in [2.45, 2.75) is 6.92 Å². The predicted octanol–water partition coefficient (Wildman–Crippen LogP) is 1.37. The smallest absolute Gasteiger partial charge is 0.377 e. The maximum atomic E-state index is 11.5. The molecule has 1 aromatic rings. The SMILES string of the molecule is CCOc1cc(C(=O)C(=O)O)c(OC)cc1OC. The van der Waals surface area contributed by atoms with Crippen molar-refractivity contribution >= 4 is 11.8 Å². The van der Waals surface area contributed by atoms with Gasteiger partial charge in [-0.25, -0.2) is 4.79 Å². The molecule has 0 saturated carbocycles. The highest BCUT2D eigenvalue weighted by molar-refractivity contribution is 6.40. The minimum absolute atomic E-state index is 0.0748. The topological polar surface area (TPSA) is 82.1 Å². The van der Waals surface area contributed by atoms with Gasteiger partial charge in [-0.2, -0.15) is 0 Å². The van der Waals surface area contributed by atoms with Gasteiger partial charge < -0.3 is 19.3 Å². The Bertz CT molecular complexity index is 466. The van der Waals surface area contributed by atoms with Crippen LogP contribution in [0.4, 0.5) is 0 Å². The molecule has 0 fully saturated rings. The van der Waals surface area contributed by atoms with Crippen LogP contribution in [-0.2, 0) is 4.79 Å². The van der Waals surface area contributed by atoms with E-state index in [1.54, 1.807) is 6.92 Å². The number of Topliss-reactive ketones (excluding diaryl/α,β-unsaturated/α-hetero) is 1. The molecule has 0 aliphatic heterocycles. The van der Waals surface area contributed by atoms with Gasteiger partial charge in [0.1, 0.15) is 5.75 Å². The number of carbonyl (C=O) groups is 2. The highest BCUT2D eigenvalue weighted by Gasteiger charge is 2.22. The number of aliphatic carboxylic acids is 1. The Morgan fingerprint density at radius 2 is 1.72 bits per heavy atom. The first-order chi connectivity index (χ1) is 8.54. The van der Waals surface area contributed by atoms with Crippen LogP contribution in [0.2, 0.25) is 0 Å². The average Bonchev–Trinajstić information content (AvgIpc) is 2.37. The fourth-order valence-corrected chi connectivity index (χ4v) is 1.43. The molecule has 0 unspecified atom stereocenters. The van der Waals surface area contributed by atoms with Gasteiger partial charge in [-0.05, 0) is 13.0 Å². The van der Waals surface area contributed by atoms with Crippen molar-refractivity contribution in [3.8, 4) is 17.2 Å². The Hall–Kier alpha value is -2.24. The Kier molecular flexibility index (Phi) is 4.53. The standard InChI is InChI=1S/C12H14O6/c1-4-18-10-5-7(11(13)12(14)15)8(16-2)6-9(10)17-3/h5-6H,4H2,1-3H3,(H,14,15). The first-order valence-corrected chi connectivity index (χ1v) is 5.21. The summed E-state index contributed by atoms with van der Waals surface area (Å²) in [6, 6.07) is 2.72. The zero-order valence-corrected chi connectivity index (χ0v) is 10.4. The molecular formula is C12H14O6. The second-order valence-corrected chi connectivity index (χ2v) is 3.27. The fraction of sp³-hybridized carbons (Fsp3) is 0.333. The van der Waals surface area contributed by atoms with Crippen molar-refractivity contribution in [2.75, 3.05) is 20.8 Å². The highest BCUT2D eigenvalue weighted by Crippen LogP contribution is 2.35. The maximum Gasteiger partial charge on any atom is 0.377 e. The zero-order chi connectivity index (χ0) is 13.7. The number of benzene rings is 1. The molecule has 0 aliphatic carbocycles. The van der Waals surface area contributed by atoms with Crippen LogP contribution in [0.5, 0.6) is 17.2 Å². The predicted molar refractivity (Wildman–Crippen MR) is 62.7 cm³/mol. The molecule has 0 atom stereocenters. The zero-order valence-electron chi connectivity index (χ0n) is 10.4. The summed E-state index contributed by atoms with van der Waals surface area (Å²) < 4.78 is 15.3. The van der Waals surface area contributed by atoms with E-state index in [2.05, 4.69) is 0 Å². The molecule has 1 rings (SSSR count). The lowest BCUT2D eigenvalue weighted by Gasteiger charge is -2.13. The Balaban J connectivity index is 3.35.